The number of hydrogen-bond donors (Lipinski definition) is 0. The van der Waals surface area contributed by atoms with Crippen LogP contribution in [0.4, 0.5) is 0 Å². The summed E-state index contributed by atoms with van der Waals surface area (Å²) < 4.78 is 11.4. The molecule has 2 aromatic heterocycles. The Morgan fingerprint density at radius 3 is 2.96 bits per heavy atom. The Bertz CT molecular complexity index is 821. The maximum Gasteiger partial charge on any atom is 0.338 e. The molecule has 122 valence electrons. The molecule has 0 amide bonds. The number of carbonyl (C=O) groups excluding carboxylic acids is 1. The molecule has 0 aliphatic heterocycles. The lowest BCUT2D eigenvalue weighted by Crippen LogP contribution is -2.07. The Kier molecular flexibility index (Phi) is 5.52. The Morgan fingerprint density at radius 2 is 2.17 bits per heavy atom. The van der Waals surface area contributed by atoms with Gasteiger partial charge >= 0.3 is 5.97 Å². The molecular weight excluding hydrogens is 421 g/mol. The van der Waals surface area contributed by atoms with Gasteiger partial charge in [0.05, 0.1) is 12.2 Å². The van der Waals surface area contributed by atoms with Gasteiger partial charge in [-0.1, -0.05) is 11.2 Å². The second kappa shape index (κ2) is 8.00. The first-order valence-corrected chi connectivity index (χ1v) is 8.46. The number of hydrogen-bond acceptors (Lipinski definition) is 6. The Labute approximate surface area is 152 Å². The van der Waals surface area contributed by atoms with Crippen LogP contribution in [0.15, 0.2) is 53.3 Å². The van der Waals surface area contributed by atoms with Gasteiger partial charge in [-0.2, -0.15) is 4.98 Å². The summed E-state index contributed by atoms with van der Waals surface area (Å²) in [5.41, 5.74) is 1.36. The molecule has 0 bridgehead atoms. The summed E-state index contributed by atoms with van der Waals surface area (Å²) in [6, 6.07) is 11.0. The molecule has 7 heteroatoms. The number of nitrogens with zero attached hydrogens (tertiary/aromatic N) is 3. The van der Waals surface area contributed by atoms with E-state index in [0.717, 1.165) is 9.13 Å². The number of pyridine rings is 1. The molecule has 0 spiro atoms. The summed E-state index contributed by atoms with van der Waals surface area (Å²) in [5, 5.41) is 3.92. The normalized spacial score (nSPS) is 10.5. The minimum absolute atomic E-state index is 0.301. The van der Waals surface area contributed by atoms with Crippen LogP contribution in [0.5, 0.6) is 0 Å². The Balaban J connectivity index is 1.47. The van der Waals surface area contributed by atoms with Gasteiger partial charge in [-0.3, -0.25) is 4.98 Å². The predicted molar refractivity (Wildman–Crippen MR) is 95.3 cm³/mol. The molecule has 6 nitrogen and oxygen atoms in total. The predicted octanol–water partition coefficient (Wildman–Crippen LogP) is 3.53. The van der Waals surface area contributed by atoms with Gasteiger partial charge in [0.25, 0.3) is 0 Å². The third kappa shape index (κ3) is 4.38. The largest absolute Gasteiger partial charge is 0.462 e. The molecule has 0 saturated heterocycles. The molecule has 0 atom stereocenters. The van der Waals surface area contributed by atoms with Crippen molar-refractivity contribution in [3.05, 3.63) is 63.8 Å². The number of esters is 1. The molecule has 0 fully saturated rings. The quantitative estimate of drug-likeness (QED) is 0.335. The van der Waals surface area contributed by atoms with Crippen LogP contribution in [0.1, 0.15) is 22.7 Å². The zero-order chi connectivity index (χ0) is 16.8. The van der Waals surface area contributed by atoms with Crippen molar-refractivity contribution in [1.29, 1.82) is 0 Å². The smallest absolute Gasteiger partial charge is 0.338 e. The first-order valence-electron chi connectivity index (χ1n) is 7.38. The first kappa shape index (κ1) is 16.6. The summed E-state index contributed by atoms with van der Waals surface area (Å²) in [7, 11) is 0. The molecule has 24 heavy (non-hydrogen) atoms. The maximum absolute atomic E-state index is 11.9. The van der Waals surface area contributed by atoms with Crippen molar-refractivity contribution in [3.63, 3.8) is 0 Å². The van der Waals surface area contributed by atoms with E-state index < -0.39 is 0 Å². The number of rotatable bonds is 6. The highest BCUT2D eigenvalue weighted by molar-refractivity contribution is 14.1. The molecule has 0 aliphatic rings. The third-order valence-electron chi connectivity index (χ3n) is 3.22. The van der Waals surface area contributed by atoms with Crippen molar-refractivity contribution in [1.82, 2.24) is 15.1 Å². The second-order valence-electron chi connectivity index (χ2n) is 5.00. The molecule has 2 heterocycles. The average Bonchev–Trinajstić information content (AvgIpc) is 3.08. The minimum atomic E-state index is -0.324. The standard InChI is InChI=1S/C17H14IN3O3/c18-14-6-1-4-12(10-14)17(22)23-9-3-7-15-20-16(21-24-15)13-5-2-8-19-11-13/h1-2,4-6,8,10-11H,3,7,9H2. The van der Waals surface area contributed by atoms with Gasteiger partial charge in [-0.15, -0.1) is 0 Å². The van der Waals surface area contributed by atoms with Gasteiger partial charge in [-0.05, 0) is 59.3 Å². The lowest BCUT2D eigenvalue weighted by atomic mass is 10.2. The molecule has 3 rings (SSSR count). The van der Waals surface area contributed by atoms with Crippen molar-refractivity contribution in [2.24, 2.45) is 0 Å². The Hall–Kier alpha value is -2.29. The summed E-state index contributed by atoms with van der Waals surface area (Å²) in [5.74, 6) is 0.697. The highest BCUT2D eigenvalue weighted by Crippen LogP contribution is 2.14. The van der Waals surface area contributed by atoms with Gasteiger partial charge in [0.1, 0.15) is 0 Å². The van der Waals surface area contributed by atoms with E-state index in [4.69, 9.17) is 9.26 Å². The number of halogens is 1. The fraction of sp³-hybridized carbons (Fsp3) is 0.176. The van der Waals surface area contributed by atoms with Gasteiger partial charge < -0.3 is 9.26 Å². The monoisotopic (exact) mass is 435 g/mol. The van der Waals surface area contributed by atoms with Crippen molar-refractivity contribution >= 4 is 28.6 Å². The summed E-state index contributed by atoms with van der Waals surface area (Å²) in [6.07, 6.45) is 4.53. The van der Waals surface area contributed by atoms with E-state index >= 15 is 0 Å². The SMILES string of the molecule is O=C(OCCCc1nc(-c2cccnc2)no1)c1cccc(I)c1. The molecule has 0 unspecified atom stereocenters. The van der Waals surface area contributed by atoms with E-state index in [1.54, 1.807) is 24.5 Å². The lowest BCUT2D eigenvalue weighted by Gasteiger charge is -2.04. The summed E-state index contributed by atoms with van der Waals surface area (Å²) in [6.45, 7) is 0.301. The Morgan fingerprint density at radius 1 is 1.25 bits per heavy atom. The average molecular weight is 435 g/mol. The number of carbonyl (C=O) groups is 1. The van der Waals surface area contributed by atoms with E-state index in [9.17, 15) is 4.79 Å². The highest BCUT2D eigenvalue weighted by atomic mass is 127. The van der Waals surface area contributed by atoms with Crippen LogP contribution in [0, 0.1) is 3.57 Å². The van der Waals surface area contributed by atoms with Crippen LogP contribution in [0.2, 0.25) is 0 Å². The van der Waals surface area contributed by atoms with Crippen LogP contribution < -0.4 is 0 Å². The molecule has 1 aromatic carbocycles. The van der Waals surface area contributed by atoms with E-state index in [0.29, 0.717) is 36.7 Å². The van der Waals surface area contributed by atoms with Crippen molar-refractivity contribution < 1.29 is 14.1 Å². The molecule has 0 radical (unpaired) electrons. The highest BCUT2D eigenvalue weighted by Gasteiger charge is 2.10. The topological polar surface area (TPSA) is 78.1 Å². The number of ether oxygens (including phenoxy) is 1. The summed E-state index contributed by atoms with van der Waals surface area (Å²) in [4.78, 5) is 20.2. The van der Waals surface area contributed by atoms with E-state index in [1.165, 1.54) is 0 Å². The zero-order valence-corrected chi connectivity index (χ0v) is 14.8. The van der Waals surface area contributed by atoms with E-state index in [1.807, 2.05) is 24.3 Å². The minimum Gasteiger partial charge on any atom is -0.462 e. The van der Waals surface area contributed by atoms with Crippen LogP contribution >= 0.6 is 22.6 Å². The van der Waals surface area contributed by atoms with Crippen LogP contribution in [0.25, 0.3) is 11.4 Å². The van der Waals surface area contributed by atoms with Gasteiger partial charge in [0.15, 0.2) is 0 Å². The molecule has 3 aromatic rings. The number of aryl methyl sites for hydroxylation is 1. The third-order valence-corrected chi connectivity index (χ3v) is 3.89. The van der Waals surface area contributed by atoms with Gasteiger partial charge in [-0.25, -0.2) is 4.79 Å². The fourth-order valence-electron chi connectivity index (χ4n) is 2.06. The number of aromatic nitrogens is 3. The van der Waals surface area contributed by atoms with Crippen LogP contribution in [-0.2, 0) is 11.2 Å². The van der Waals surface area contributed by atoms with Crippen molar-refractivity contribution in [3.8, 4) is 11.4 Å². The van der Waals surface area contributed by atoms with Crippen molar-refractivity contribution in [2.75, 3.05) is 6.61 Å². The zero-order valence-electron chi connectivity index (χ0n) is 12.7. The fourth-order valence-corrected chi connectivity index (χ4v) is 2.60. The molecular formula is C17H14IN3O3. The van der Waals surface area contributed by atoms with Gasteiger partial charge in [0, 0.05) is 27.9 Å². The van der Waals surface area contributed by atoms with E-state index in [-0.39, 0.29) is 5.97 Å². The molecule has 0 saturated carbocycles. The maximum atomic E-state index is 11.9. The van der Waals surface area contributed by atoms with Crippen LogP contribution in [-0.4, -0.2) is 27.7 Å². The van der Waals surface area contributed by atoms with Crippen LogP contribution in [0.3, 0.4) is 0 Å². The second-order valence-corrected chi connectivity index (χ2v) is 6.25. The lowest BCUT2D eigenvalue weighted by molar-refractivity contribution is 0.0498. The molecule has 0 N–H and O–H groups in total. The van der Waals surface area contributed by atoms with Crippen molar-refractivity contribution in [2.45, 2.75) is 12.8 Å². The molecule has 0 aliphatic carbocycles. The van der Waals surface area contributed by atoms with E-state index in [2.05, 4.69) is 37.7 Å². The first-order chi connectivity index (χ1) is 11.7. The van der Waals surface area contributed by atoms with Gasteiger partial charge in [0.2, 0.25) is 11.7 Å². The number of benzene rings is 1. The summed E-state index contributed by atoms with van der Waals surface area (Å²) >= 11 is 2.16.